The highest BCUT2D eigenvalue weighted by Gasteiger charge is 2.15. The van der Waals surface area contributed by atoms with Crippen LogP contribution in [0.4, 0.5) is 5.82 Å². The molecule has 0 saturated heterocycles. The highest BCUT2D eigenvalue weighted by Crippen LogP contribution is 2.21. The van der Waals surface area contributed by atoms with Crippen molar-refractivity contribution in [2.75, 3.05) is 12.4 Å². The van der Waals surface area contributed by atoms with Gasteiger partial charge in [0.1, 0.15) is 5.82 Å². The van der Waals surface area contributed by atoms with E-state index in [1.54, 1.807) is 11.2 Å². The molecule has 0 aromatic carbocycles. The van der Waals surface area contributed by atoms with Gasteiger partial charge in [0.15, 0.2) is 0 Å². The molecule has 0 aliphatic heterocycles. The van der Waals surface area contributed by atoms with E-state index in [0.29, 0.717) is 11.7 Å². The molecule has 0 spiro atoms. The van der Waals surface area contributed by atoms with Gasteiger partial charge in [0.2, 0.25) is 0 Å². The minimum Gasteiger partial charge on any atom is -0.397 e. The number of pyridine rings is 1. The second-order valence-electron chi connectivity index (χ2n) is 5.71. The van der Waals surface area contributed by atoms with E-state index in [4.69, 9.17) is 11.6 Å². The predicted octanol–water partition coefficient (Wildman–Crippen LogP) is 2.67. The maximum absolute atomic E-state index is 6.21. The monoisotopic (exact) mass is 289 g/mol. The predicted molar refractivity (Wildman–Crippen MR) is 88.1 cm³/mol. The van der Waals surface area contributed by atoms with Gasteiger partial charge >= 0.3 is 0 Å². The van der Waals surface area contributed by atoms with Gasteiger partial charge in [-0.1, -0.05) is 32.1 Å². The molecule has 5 nitrogen and oxygen atoms in total. The van der Waals surface area contributed by atoms with Crippen LogP contribution >= 0.6 is 0 Å². The molecule has 116 valence electrons. The van der Waals surface area contributed by atoms with E-state index in [9.17, 15) is 0 Å². The van der Waals surface area contributed by atoms with Crippen molar-refractivity contribution in [3.8, 4) is 0 Å². The van der Waals surface area contributed by atoms with Gasteiger partial charge in [-0.25, -0.2) is 10.8 Å². The van der Waals surface area contributed by atoms with Gasteiger partial charge in [0, 0.05) is 31.0 Å². The Morgan fingerprint density at radius 3 is 2.48 bits per heavy atom. The SMILES string of the molecule is CNc1ccc(/C(N)=C/N(N)C2CCCCCCC2)cn1. The lowest BCUT2D eigenvalue weighted by Gasteiger charge is -2.28. The number of nitrogens with two attached hydrogens (primary N) is 2. The minimum atomic E-state index is 0.397. The average Bonchev–Trinajstić information content (AvgIpc) is 2.46. The lowest BCUT2D eigenvalue weighted by molar-refractivity contribution is 0.236. The number of rotatable bonds is 4. The van der Waals surface area contributed by atoms with Crippen LogP contribution in [-0.4, -0.2) is 23.1 Å². The second-order valence-corrected chi connectivity index (χ2v) is 5.71. The number of hydrogen-bond acceptors (Lipinski definition) is 5. The molecular weight excluding hydrogens is 262 g/mol. The third-order valence-electron chi connectivity index (χ3n) is 4.14. The van der Waals surface area contributed by atoms with Gasteiger partial charge in [-0.15, -0.1) is 0 Å². The molecular formula is C16H27N5. The van der Waals surface area contributed by atoms with Crippen LogP contribution in [0.3, 0.4) is 0 Å². The molecule has 1 saturated carbocycles. The summed E-state index contributed by atoms with van der Waals surface area (Å²) in [4.78, 5) is 4.27. The van der Waals surface area contributed by atoms with Crippen molar-refractivity contribution in [2.24, 2.45) is 11.6 Å². The van der Waals surface area contributed by atoms with E-state index < -0.39 is 0 Å². The van der Waals surface area contributed by atoms with Crippen LogP contribution in [-0.2, 0) is 0 Å². The molecule has 1 aliphatic carbocycles. The van der Waals surface area contributed by atoms with E-state index in [0.717, 1.165) is 24.2 Å². The number of anilines is 1. The van der Waals surface area contributed by atoms with Crippen molar-refractivity contribution in [3.05, 3.63) is 30.1 Å². The van der Waals surface area contributed by atoms with Crippen molar-refractivity contribution < 1.29 is 0 Å². The molecule has 0 atom stereocenters. The van der Waals surface area contributed by atoms with Crippen molar-refractivity contribution in [2.45, 2.75) is 51.0 Å². The van der Waals surface area contributed by atoms with Crippen LogP contribution in [0.1, 0.15) is 50.5 Å². The normalized spacial score (nSPS) is 17.9. The number of hydrazine groups is 1. The molecule has 1 aromatic heterocycles. The van der Waals surface area contributed by atoms with Gasteiger partial charge in [-0.2, -0.15) is 0 Å². The second kappa shape index (κ2) is 7.88. The quantitative estimate of drug-likeness (QED) is 0.586. The van der Waals surface area contributed by atoms with Crippen molar-refractivity contribution in [1.29, 1.82) is 0 Å². The highest BCUT2D eigenvalue weighted by molar-refractivity contribution is 5.62. The Labute approximate surface area is 127 Å². The maximum Gasteiger partial charge on any atom is 0.125 e. The summed E-state index contributed by atoms with van der Waals surface area (Å²) < 4.78 is 0. The lowest BCUT2D eigenvalue weighted by atomic mass is 9.96. The first kappa shape index (κ1) is 15.6. The van der Waals surface area contributed by atoms with Gasteiger partial charge in [0.05, 0.1) is 5.70 Å². The fourth-order valence-corrected chi connectivity index (χ4v) is 2.79. The zero-order chi connectivity index (χ0) is 15.1. The van der Waals surface area contributed by atoms with Crippen LogP contribution in [0.15, 0.2) is 24.5 Å². The molecule has 5 heteroatoms. The van der Waals surface area contributed by atoms with Crippen molar-refractivity contribution in [1.82, 2.24) is 9.99 Å². The topological polar surface area (TPSA) is 80.2 Å². The van der Waals surface area contributed by atoms with E-state index >= 15 is 0 Å². The average molecular weight is 289 g/mol. The molecule has 1 heterocycles. The molecule has 21 heavy (non-hydrogen) atoms. The van der Waals surface area contributed by atoms with Crippen LogP contribution < -0.4 is 16.9 Å². The zero-order valence-electron chi connectivity index (χ0n) is 12.9. The summed E-state index contributed by atoms with van der Waals surface area (Å²) in [6.45, 7) is 0. The number of aromatic nitrogens is 1. The highest BCUT2D eigenvalue weighted by atomic mass is 15.4. The Hall–Kier alpha value is -1.75. The molecule has 2 rings (SSSR count). The van der Waals surface area contributed by atoms with E-state index in [1.165, 1.54) is 32.1 Å². The summed E-state index contributed by atoms with van der Waals surface area (Å²) in [6, 6.07) is 4.26. The summed E-state index contributed by atoms with van der Waals surface area (Å²) >= 11 is 0. The van der Waals surface area contributed by atoms with E-state index in [-0.39, 0.29) is 0 Å². The van der Waals surface area contributed by atoms with Gasteiger partial charge in [-0.3, -0.25) is 0 Å². The van der Waals surface area contributed by atoms with Gasteiger partial charge in [0.25, 0.3) is 0 Å². The third kappa shape index (κ3) is 4.63. The standard InChI is InChI=1S/C16H27N5/c1-19-16-10-9-13(11-20-16)15(17)12-21(18)14-7-5-3-2-4-6-8-14/h9-12,14H,2-8,17-18H2,1H3,(H,19,20)/b15-12-. The number of hydrogen-bond donors (Lipinski definition) is 3. The first-order valence-electron chi connectivity index (χ1n) is 7.85. The van der Waals surface area contributed by atoms with E-state index in [2.05, 4.69) is 10.3 Å². The molecule has 1 aromatic rings. The first-order valence-corrected chi connectivity index (χ1v) is 7.85. The lowest BCUT2D eigenvalue weighted by Crippen LogP contribution is -2.37. The third-order valence-corrected chi connectivity index (χ3v) is 4.14. The first-order chi connectivity index (χ1) is 10.2. The fourth-order valence-electron chi connectivity index (χ4n) is 2.79. The molecule has 1 aliphatic rings. The molecule has 0 bridgehead atoms. The summed E-state index contributed by atoms with van der Waals surface area (Å²) in [6.07, 6.45) is 12.4. The molecule has 1 fully saturated rings. The number of nitrogens with one attached hydrogen (secondary N) is 1. The molecule has 5 N–H and O–H groups in total. The van der Waals surface area contributed by atoms with E-state index in [1.807, 2.05) is 25.4 Å². The molecule has 0 unspecified atom stereocenters. The Morgan fingerprint density at radius 1 is 1.24 bits per heavy atom. The van der Waals surface area contributed by atoms with Crippen LogP contribution in [0, 0.1) is 0 Å². The fraction of sp³-hybridized carbons (Fsp3) is 0.562. The van der Waals surface area contributed by atoms with Crippen molar-refractivity contribution >= 4 is 11.5 Å². The summed E-state index contributed by atoms with van der Waals surface area (Å²) in [7, 11) is 1.84. The van der Waals surface area contributed by atoms with Gasteiger partial charge < -0.3 is 16.1 Å². The van der Waals surface area contributed by atoms with Crippen LogP contribution in [0.5, 0.6) is 0 Å². The molecule has 0 amide bonds. The largest absolute Gasteiger partial charge is 0.397 e. The van der Waals surface area contributed by atoms with Crippen molar-refractivity contribution in [3.63, 3.8) is 0 Å². The number of nitrogens with zero attached hydrogens (tertiary/aromatic N) is 2. The summed E-state index contributed by atoms with van der Waals surface area (Å²) in [5, 5.41) is 4.79. The maximum atomic E-state index is 6.21. The molecule has 0 radical (unpaired) electrons. The Kier molecular flexibility index (Phi) is 5.87. The Balaban J connectivity index is 2.01. The zero-order valence-corrected chi connectivity index (χ0v) is 12.9. The van der Waals surface area contributed by atoms with Crippen LogP contribution in [0.25, 0.3) is 5.70 Å². The summed E-state index contributed by atoms with van der Waals surface area (Å²) in [5.74, 6) is 7.04. The van der Waals surface area contributed by atoms with Gasteiger partial charge in [-0.05, 0) is 25.0 Å². The summed E-state index contributed by atoms with van der Waals surface area (Å²) in [5.41, 5.74) is 7.70. The minimum absolute atomic E-state index is 0.397. The Bertz CT molecular complexity index is 446. The smallest absolute Gasteiger partial charge is 0.125 e. The van der Waals surface area contributed by atoms with Crippen LogP contribution in [0.2, 0.25) is 0 Å². The Morgan fingerprint density at radius 2 is 1.90 bits per heavy atom.